The van der Waals surface area contributed by atoms with Gasteiger partial charge in [-0.3, -0.25) is 4.79 Å². The van der Waals surface area contributed by atoms with Gasteiger partial charge in [-0.2, -0.15) is 0 Å². The fourth-order valence-electron chi connectivity index (χ4n) is 3.01. The number of aryl methyl sites for hydroxylation is 1. The quantitative estimate of drug-likeness (QED) is 0.700. The van der Waals surface area contributed by atoms with Crippen molar-refractivity contribution >= 4 is 18.4 Å². The van der Waals surface area contributed by atoms with E-state index in [-0.39, 0.29) is 17.8 Å². The molecule has 0 saturated heterocycles. The molecule has 1 N–H and O–H groups in total. The third kappa shape index (κ3) is 2.94. The third-order valence-corrected chi connectivity index (χ3v) is 4.22. The zero-order valence-corrected chi connectivity index (χ0v) is 13.4. The first-order valence-corrected chi connectivity index (χ1v) is 7.56. The number of benzene rings is 2. The highest BCUT2D eigenvalue weighted by atomic mass is 19.1. The average Bonchev–Trinajstić information content (AvgIpc) is 2.71. The Bertz CT molecular complexity index is 786. The number of fused-ring (bicyclic) bond motifs is 1. The lowest BCUT2D eigenvalue weighted by molar-refractivity contribution is 0.0987. The Kier molecular flexibility index (Phi) is 3.86. The smallest absolute Gasteiger partial charge is 0.423 e. The van der Waals surface area contributed by atoms with Gasteiger partial charge in [0.1, 0.15) is 5.82 Å². The second kappa shape index (κ2) is 5.58. The molecule has 118 valence electrons. The molecular weight excluding hydrogens is 294 g/mol. The molecule has 0 spiro atoms. The molecule has 1 aliphatic rings. The zero-order valence-electron chi connectivity index (χ0n) is 13.4. The maximum atomic E-state index is 13.8. The largest absolute Gasteiger partial charge is 0.492 e. The number of carbonyl (C=O) groups is 1. The number of halogens is 1. The molecule has 3 nitrogen and oxygen atoms in total. The Morgan fingerprint density at radius 1 is 1.26 bits per heavy atom. The molecule has 0 unspecified atom stereocenters. The first-order chi connectivity index (χ1) is 10.8. The standard InChI is InChI=1S/C18H18BFO3/c1-11-4-7-16(20)13(8-11)17(21)10-12-5-6-14-15(9-12)19(22)23-18(14,2)3/h4-9,22H,10H2,1-3H3. The van der Waals surface area contributed by atoms with Gasteiger partial charge in [0.05, 0.1) is 11.2 Å². The van der Waals surface area contributed by atoms with Crippen molar-refractivity contribution in [1.29, 1.82) is 0 Å². The van der Waals surface area contributed by atoms with Gasteiger partial charge >= 0.3 is 7.12 Å². The molecule has 1 aliphatic heterocycles. The van der Waals surface area contributed by atoms with Crippen molar-refractivity contribution in [2.24, 2.45) is 0 Å². The van der Waals surface area contributed by atoms with E-state index in [4.69, 9.17) is 4.65 Å². The molecule has 2 aromatic rings. The van der Waals surface area contributed by atoms with Crippen LogP contribution in [0, 0.1) is 12.7 Å². The molecule has 0 radical (unpaired) electrons. The Hall–Kier alpha value is -1.98. The van der Waals surface area contributed by atoms with Gasteiger partial charge in [-0.15, -0.1) is 0 Å². The highest BCUT2D eigenvalue weighted by molar-refractivity contribution is 6.62. The Labute approximate surface area is 135 Å². The average molecular weight is 312 g/mol. The van der Waals surface area contributed by atoms with Gasteiger partial charge in [0, 0.05) is 6.42 Å². The van der Waals surface area contributed by atoms with Crippen molar-refractivity contribution in [2.45, 2.75) is 32.8 Å². The molecule has 0 amide bonds. The summed E-state index contributed by atoms with van der Waals surface area (Å²) in [6.45, 7) is 5.59. The second-order valence-electron chi connectivity index (χ2n) is 6.49. The summed E-state index contributed by atoms with van der Waals surface area (Å²) in [6.07, 6.45) is 0.0841. The van der Waals surface area contributed by atoms with Crippen LogP contribution >= 0.6 is 0 Å². The van der Waals surface area contributed by atoms with Crippen molar-refractivity contribution in [2.75, 3.05) is 0 Å². The lowest BCUT2D eigenvalue weighted by atomic mass is 9.77. The molecule has 1 heterocycles. The minimum atomic E-state index is -0.995. The van der Waals surface area contributed by atoms with E-state index in [1.54, 1.807) is 18.2 Å². The summed E-state index contributed by atoms with van der Waals surface area (Å²) >= 11 is 0. The van der Waals surface area contributed by atoms with E-state index in [0.29, 0.717) is 5.46 Å². The summed E-state index contributed by atoms with van der Waals surface area (Å²) in [5.41, 5.74) is 2.69. The van der Waals surface area contributed by atoms with Crippen LogP contribution in [0.25, 0.3) is 0 Å². The van der Waals surface area contributed by atoms with Crippen LogP contribution in [0.2, 0.25) is 0 Å². The van der Waals surface area contributed by atoms with E-state index in [2.05, 4.69) is 0 Å². The molecular formula is C18H18BFO3. The molecule has 0 fully saturated rings. The van der Waals surface area contributed by atoms with E-state index < -0.39 is 18.5 Å². The van der Waals surface area contributed by atoms with Crippen molar-refractivity contribution < 1.29 is 18.9 Å². The highest BCUT2D eigenvalue weighted by Gasteiger charge is 2.40. The van der Waals surface area contributed by atoms with Crippen LogP contribution in [0.3, 0.4) is 0 Å². The summed E-state index contributed by atoms with van der Waals surface area (Å²) in [6, 6.07) is 9.96. The van der Waals surface area contributed by atoms with Crippen molar-refractivity contribution in [3.63, 3.8) is 0 Å². The monoisotopic (exact) mass is 312 g/mol. The van der Waals surface area contributed by atoms with Crippen molar-refractivity contribution in [3.8, 4) is 0 Å². The van der Waals surface area contributed by atoms with Crippen LogP contribution in [0.15, 0.2) is 36.4 Å². The summed E-state index contributed by atoms with van der Waals surface area (Å²) < 4.78 is 19.3. The normalized spacial score (nSPS) is 15.6. The van der Waals surface area contributed by atoms with Crippen LogP contribution in [-0.4, -0.2) is 17.9 Å². The Morgan fingerprint density at radius 2 is 2.00 bits per heavy atom. The molecule has 3 rings (SSSR count). The van der Waals surface area contributed by atoms with Crippen LogP contribution in [0.4, 0.5) is 4.39 Å². The number of ketones is 1. The van der Waals surface area contributed by atoms with Gasteiger partial charge < -0.3 is 9.68 Å². The number of rotatable bonds is 3. The molecule has 0 bridgehead atoms. The van der Waals surface area contributed by atoms with Crippen molar-refractivity contribution in [3.05, 3.63) is 64.5 Å². The van der Waals surface area contributed by atoms with Crippen LogP contribution in [0.1, 0.15) is 40.9 Å². The van der Waals surface area contributed by atoms with Gasteiger partial charge in [-0.25, -0.2) is 4.39 Å². The van der Waals surface area contributed by atoms with Gasteiger partial charge in [-0.1, -0.05) is 29.8 Å². The second-order valence-corrected chi connectivity index (χ2v) is 6.49. The molecule has 5 heteroatoms. The first kappa shape index (κ1) is 15.9. The number of Topliss-reactive ketones (excluding diaryl/α,β-unsaturated/α-hetero) is 1. The van der Waals surface area contributed by atoms with E-state index in [1.807, 2.05) is 32.9 Å². The summed E-state index contributed by atoms with van der Waals surface area (Å²) in [7, 11) is -0.995. The number of hydrogen-bond donors (Lipinski definition) is 1. The third-order valence-electron chi connectivity index (χ3n) is 4.22. The molecule has 0 aromatic heterocycles. The predicted molar refractivity (Wildman–Crippen MR) is 87.3 cm³/mol. The lowest BCUT2D eigenvalue weighted by Gasteiger charge is -2.19. The number of carbonyl (C=O) groups excluding carboxylic acids is 1. The van der Waals surface area contributed by atoms with Crippen LogP contribution in [-0.2, 0) is 16.7 Å². The van der Waals surface area contributed by atoms with Crippen molar-refractivity contribution in [1.82, 2.24) is 0 Å². The van der Waals surface area contributed by atoms with Gasteiger partial charge in [-0.05, 0) is 49.5 Å². The van der Waals surface area contributed by atoms with Crippen LogP contribution in [0.5, 0.6) is 0 Å². The Morgan fingerprint density at radius 3 is 2.74 bits per heavy atom. The summed E-state index contributed by atoms with van der Waals surface area (Å²) in [5, 5.41) is 10.0. The topological polar surface area (TPSA) is 46.5 Å². The maximum absolute atomic E-state index is 13.8. The molecule has 0 aliphatic carbocycles. The predicted octanol–water partition coefficient (Wildman–Crippen LogP) is 2.51. The minimum absolute atomic E-state index is 0.0841. The number of hydrogen-bond acceptors (Lipinski definition) is 3. The maximum Gasteiger partial charge on any atom is 0.492 e. The van der Waals surface area contributed by atoms with E-state index in [9.17, 15) is 14.2 Å². The van der Waals surface area contributed by atoms with E-state index in [0.717, 1.165) is 16.7 Å². The Balaban J connectivity index is 1.88. The van der Waals surface area contributed by atoms with E-state index in [1.165, 1.54) is 6.07 Å². The van der Waals surface area contributed by atoms with Gasteiger partial charge in [0.2, 0.25) is 0 Å². The van der Waals surface area contributed by atoms with Gasteiger partial charge in [0.25, 0.3) is 0 Å². The van der Waals surface area contributed by atoms with Gasteiger partial charge in [0.15, 0.2) is 5.78 Å². The molecule has 2 aromatic carbocycles. The zero-order chi connectivity index (χ0) is 16.8. The van der Waals surface area contributed by atoms with E-state index >= 15 is 0 Å². The fourth-order valence-corrected chi connectivity index (χ4v) is 3.01. The fraction of sp³-hybridized carbons (Fsp3) is 0.278. The SMILES string of the molecule is Cc1ccc(F)c(C(=O)Cc2ccc3c(c2)B(O)OC3(C)C)c1. The summed E-state index contributed by atoms with van der Waals surface area (Å²) in [5.74, 6) is -0.787. The molecule has 0 saturated carbocycles. The summed E-state index contributed by atoms with van der Waals surface area (Å²) in [4.78, 5) is 12.4. The molecule has 0 atom stereocenters. The highest BCUT2D eigenvalue weighted by Crippen LogP contribution is 2.30. The van der Waals surface area contributed by atoms with Crippen LogP contribution < -0.4 is 5.46 Å². The lowest BCUT2D eigenvalue weighted by Crippen LogP contribution is -2.29. The minimum Gasteiger partial charge on any atom is -0.423 e. The molecule has 23 heavy (non-hydrogen) atoms. The first-order valence-electron chi connectivity index (χ1n) is 7.56.